The molecule has 1 aliphatic carbocycles. The molecule has 1 aromatic rings. The van der Waals surface area contributed by atoms with Crippen LogP contribution in [-0.4, -0.2) is 35.3 Å². The molecule has 0 bridgehead atoms. The molecule has 4 heteroatoms. The Morgan fingerprint density at radius 1 is 1.19 bits per heavy atom. The Balaban J connectivity index is 1.69. The topological polar surface area (TPSA) is 35.6 Å². The molecule has 168 valence electrons. The first-order chi connectivity index (χ1) is 14.8. The van der Waals surface area contributed by atoms with Gasteiger partial charge in [0.15, 0.2) is 0 Å². The molecule has 1 saturated carbocycles. The number of aryl methyl sites for hydroxylation is 1. The molecule has 1 N–H and O–H groups in total. The molecular weight excluding hydrogens is 382 g/mol. The van der Waals surface area contributed by atoms with Crippen LogP contribution in [0, 0.1) is 30.6 Å². The average Bonchev–Trinajstić information content (AvgIpc) is 3.29. The standard InChI is InChI=1S/C27H39N3O/c1-17(2)16-30-20(5)29(6)27(31)25-23(14-21-12-10-18(3)11-13-21)24(28-26(25)30)15-22-9-7-8-19(22)4/h10-13,17,19,22-24,28H,5,7-9,14-16H2,1-4,6H3/t19?,22-,23?,24?/m0/s1. The van der Waals surface area contributed by atoms with Gasteiger partial charge >= 0.3 is 0 Å². The van der Waals surface area contributed by atoms with E-state index in [2.05, 4.69) is 68.8 Å². The van der Waals surface area contributed by atoms with E-state index < -0.39 is 0 Å². The van der Waals surface area contributed by atoms with Gasteiger partial charge in [-0.3, -0.25) is 9.69 Å². The maximum absolute atomic E-state index is 13.5. The minimum Gasteiger partial charge on any atom is -0.368 e. The lowest BCUT2D eigenvalue weighted by molar-refractivity contribution is -0.126. The van der Waals surface area contributed by atoms with E-state index in [1.165, 1.54) is 30.4 Å². The molecule has 31 heavy (non-hydrogen) atoms. The van der Waals surface area contributed by atoms with Crippen LogP contribution >= 0.6 is 0 Å². The van der Waals surface area contributed by atoms with Gasteiger partial charge in [0.1, 0.15) is 11.6 Å². The second kappa shape index (κ2) is 8.72. The van der Waals surface area contributed by atoms with Gasteiger partial charge in [0.2, 0.25) is 0 Å². The van der Waals surface area contributed by atoms with Gasteiger partial charge in [-0.05, 0) is 43.1 Å². The van der Waals surface area contributed by atoms with Gasteiger partial charge in [-0.1, -0.05) is 76.4 Å². The highest BCUT2D eigenvalue weighted by atomic mass is 16.2. The number of hydrogen-bond acceptors (Lipinski definition) is 3. The number of nitrogens with zero attached hydrogens (tertiary/aromatic N) is 2. The Morgan fingerprint density at radius 3 is 2.52 bits per heavy atom. The van der Waals surface area contributed by atoms with Crippen LogP contribution in [0.2, 0.25) is 0 Å². The summed E-state index contributed by atoms with van der Waals surface area (Å²) >= 11 is 0. The van der Waals surface area contributed by atoms with Crippen LogP contribution in [0.5, 0.6) is 0 Å². The molecular formula is C27H39N3O. The van der Waals surface area contributed by atoms with Crippen molar-refractivity contribution in [3.8, 4) is 0 Å². The van der Waals surface area contributed by atoms with Crippen molar-refractivity contribution in [2.45, 2.75) is 65.8 Å². The van der Waals surface area contributed by atoms with E-state index >= 15 is 0 Å². The summed E-state index contributed by atoms with van der Waals surface area (Å²) < 4.78 is 0. The summed E-state index contributed by atoms with van der Waals surface area (Å²) in [5.74, 6) is 4.13. The number of hydrogen-bond donors (Lipinski definition) is 1. The van der Waals surface area contributed by atoms with Crippen LogP contribution in [0.3, 0.4) is 0 Å². The molecule has 2 aliphatic heterocycles. The van der Waals surface area contributed by atoms with Crippen molar-refractivity contribution in [1.29, 1.82) is 0 Å². The van der Waals surface area contributed by atoms with Crippen LogP contribution in [0.15, 0.2) is 48.1 Å². The Kier molecular flexibility index (Phi) is 6.18. The molecule has 0 radical (unpaired) electrons. The number of benzene rings is 1. The molecule has 1 aromatic carbocycles. The van der Waals surface area contributed by atoms with Crippen molar-refractivity contribution in [1.82, 2.24) is 15.1 Å². The Bertz CT molecular complexity index is 869. The summed E-state index contributed by atoms with van der Waals surface area (Å²) in [6, 6.07) is 9.12. The third kappa shape index (κ3) is 4.26. The molecule has 3 aliphatic rings. The van der Waals surface area contributed by atoms with Gasteiger partial charge in [0, 0.05) is 25.6 Å². The highest BCUT2D eigenvalue weighted by Gasteiger charge is 2.46. The van der Waals surface area contributed by atoms with E-state index in [0.717, 1.165) is 48.4 Å². The number of carbonyl (C=O) groups is 1. The fraction of sp³-hybridized carbons (Fsp3) is 0.593. The molecule has 0 spiro atoms. The predicted octanol–water partition coefficient (Wildman–Crippen LogP) is 5.06. The molecule has 4 atom stereocenters. The van der Waals surface area contributed by atoms with Crippen LogP contribution < -0.4 is 5.32 Å². The van der Waals surface area contributed by atoms with Gasteiger partial charge in [0.05, 0.1) is 5.57 Å². The Labute approximate surface area is 188 Å². The van der Waals surface area contributed by atoms with Gasteiger partial charge < -0.3 is 10.2 Å². The fourth-order valence-corrected chi connectivity index (χ4v) is 5.73. The summed E-state index contributed by atoms with van der Waals surface area (Å²) in [7, 11) is 1.87. The second-order valence-electron chi connectivity index (χ2n) is 10.5. The Morgan fingerprint density at radius 2 is 1.90 bits per heavy atom. The minimum atomic E-state index is 0.117. The SMILES string of the molecule is C=C1N(C)C(=O)C2=C(NC(C[C@@H]3CCCC3C)C2Cc2ccc(C)cc2)N1CC(C)C. The van der Waals surface area contributed by atoms with Crippen molar-refractivity contribution in [2.24, 2.45) is 23.7 Å². The van der Waals surface area contributed by atoms with E-state index in [1.807, 2.05) is 7.05 Å². The monoisotopic (exact) mass is 421 g/mol. The smallest absolute Gasteiger partial charge is 0.259 e. The highest BCUT2D eigenvalue weighted by molar-refractivity contribution is 5.97. The first-order valence-corrected chi connectivity index (χ1v) is 12.1. The third-order valence-corrected chi connectivity index (χ3v) is 7.66. The summed E-state index contributed by atoms with van der Waals surface area (Å²) in [5.41, 5.74) is 3.55. The Hall–Kier alpha value is -2.23. The zero-order valence-electron chi connectivity index (χ0n) is 19.9. The molecule has 0 aromatic heterocycles. The largest absolute Gasteiger partial charge is 0.368 e. The number of rotatable bonds is 6. The number of carbonyl (C=O) groups excluding carboxylic acids is 1. The highest BCUT2D eigenvalue weighted by Crippen LogP contribution is 2.42. The first kappa shape index (κ1) is 22.0. The van der Waals surface area contributed by atoms with E-state index in [0.29, 0.717) is 12.0 Å². The van der Waals surface area contributed by atoms with Gasteiger partial charge in [-0.2, -0.15) is 0 Å². The van der Waals surface area contributed by atoms with E-state index in [1.54, 1.807) is 4.90 Å². The maximum Gasteiger partial charge on any atom is 0.259 e. The molecule has 4 rings (SSSR count). The lowest BCUT2D eigenvalue weighted by Gasteiger charge is -2.38. The molecule has 1 fully saturated rings. The summed E-state index contributed by atoms with van der Waals surface area (Å²) in [4.78, 5) is 17.5. The van der Waals surface area contributed by atoms with Gasteiger partial charge in [0.25, 0.3) is 5.91 Å². The lowest BCUT2D eigenvalue weighted by Crippen LogP contribution is -2.45. The van der Waals surface area contributed by atoms with E-state index in [9.17, 15) is 4.79 Å². The average molecular weight is 422 g/mol. The van der Waals surface area contributed by atoms with Crippen molar-refractivity contribution >= 4 is 5.91 Å². The fourth-order valence-electron chi connectivity index (χ4n) is 5.73. The van der Waals surface area contributed by atoms with Crippen molar-refractivity contribution in [3.05, 3.63) is 59.2 Å². The van der Waals surface area contributed by atoms with E-state index in [-0.39, 0.29) is 11.8 Å². The zero-order valence-corrected chi connectivity index (χ0v) is 19.9. The quantitative estimate of drug-likeness (QED) is 0.697. The van der Waals surface area contributed by atoms with Crippen molar-refractivity contribution in [2.75, 3.05) is 13.6 Å². The minimum absolute atomic E-state index is 0.117. The lowest BCUT2D eigenvalue weighted by atomic mass is 9.81. The van der Waals surface area contributed by atoms with Crippen LogP contribution in [0.4, 0.5) is 0 Å². The van der Waals surface area contributed by atoms with E-state index in [4.69, 9.17) is 0 Å². The summed E-state index contributed by atoms with van der Waals surface area (Å²) in [6.07, 6.45) is 6.04. The van der Waals surface area contributed by atoms with Crippen molar-refractivity contribution in [3.63, 3.8) is 0 Å². The maximum atomic E-state index is 13.5. The second-order valence-corrected chi connectivity index (χ2v) is 10.5. The van der Waals surface area contributed by atoms with Crippen LogP contribution in [0.1, 0.15) is 57.6 Å². The number of likely N-dealkylation sites (N-methyl/N-ethyl adjacent to an activating group) is 1. The van der Waals surface area contributed by atoms with Crippen LogP contribution in [0.25, 0.3) is 0 Å². The first-order valence-electron chi connectivity index (χ1n) is 12.1. The zero-order chi connectivity index (χ0) is 22.3. The normalized spacial score (nSPS) is 28.6. The molecule has 2 heterocycles. The number of amides is 1. The van der Waals surface area contributed by atoms with Crippen LogP contribution in [-0.2, 0) is 11.2 Å². The van der Waals surface area contributed by atoms with Gasteiger partial charge in [-0.25, -0.2) is 0 Å². The van der Waals surface area contributed by atoms with Gasteiger partial charge in [-0.15, -0.1) is 0 Å². The molecule has 4 nitrogen and oxygen atoms in total. The molecule has 0 saturated heterocycles. The predicted molar refractivity (Wildman–Crippen MR) is 127 cm³/mol. The summed E-state index contributed by atoms with van der Waals surface area (Å²) in [5, 5.41) is 3.86. The molecule has 3 unspecified atom stereocenters. The summed E-state index contributed by atoms with van der Waals surface area (Å²) in [6.45, 7) is 14.1. The van der Waals surface area contributed by atoms with Crippen molar-refractivity contribution < 1.29 is 4.79 Å². The molecule has 1 amide bonds. The number of nitrogens with one attached hydrogen (secondary N) is 1. The third-order valence-electron chi connectivity index (χ3n) is 7.66.